The number of aliphatic hydroxyl groups is 2. The van der Waals surface area contributed by atoms with Crippen LogP contribution in [0.5, 0.6) is 0 Å². The van der Waals surface area contributed by atoms with Crippen molar-refractivity contribution in [2.75, 3.05) is 5.73 Å². The van der Waals surface area contributed by atoms with E-state index in [9.17, 15) is 14.8 Å². The Bertz CT molecular complexity index is 803. The summed E-state index contributed by atoms with van der Waals surface area (Å²) in [5, 5.41) is 20.1. The highest BCUT2D eigenvalue weighted by Gasteiger charge is 2.43. The van der Waals surface area contributed by atoms with Gasteiger partial charge in [-0.15, -0.1) is 0 Å². The van der Waals surface area contributed by atoms with Gasteiger partial charge < -0.3 is 30.5 Å². The van der Waals surface area contributed by atoms with Crippen LogP contribution < -0.4 is 5.73 Å². The lowest BCUT2D eigenvalue weighted by molar-refractivity contribution is -0.0244. The summed E-state index contributed by atoms with van der Waals surface area (Å²) in [6, 6.07) is 0. The molecule has 1 aliphatic rings. The van der Waals surface area contributed by atoms with Gasteiger partial charge in [-0.2, -0.15) is 0 Å². The first-order valence-corrected chi connectivity index (χ1v) is 8.15. The van der Waals surface area contributed by atoms with Crippen LogP contribution in [0.15, 0.2) is 24.5 Å². The van der Waals surface area contributed by atoms with E-state index in [0.717, 1.165) is 6.08 Å². The lowest BCUT2D eigenvalue weighted by Gasteiger charge is -2.16. The van der Waals surface area contributed by atoms with Gasteiger partial charge in [0.05, 0.1) is 6.33 Å². The summed E-state index contributed by atoms with van der Waals surface area (Å²) >= 11 is 0. The SMILES string of the molecule is Nc1ncnc2c1ncn2[C@@H]1O[C@H](/C=C/P(=O)(O)O)[C@@H](O)[C@H]1O. The molecule has 124 valence electrons. The quantitative estimate of drug-likeness (QED) is 0.422. The number of imidazole rings is 1. The monoisotopic (exact) mass is 343 g/mol. The summed E-state index contributed by atoms with van der Waals surface area (Å²) in [5.74, 6) is 0.766. The minimum atomic E-state index is -4.40. The van der Waals surface area contributed by atoms with Crippen LogP contribution >= 0.6 is 7.60 Å². The number of fused-ring (bicyclic) bond motifs is 1. The van der Waals surface area contributed by atoms with E-state index in [1.807, 2.05) is 0 Å². The second-order valence-electron chi connectivity index (χ2n) is 4.99. The van der Waals surface area contributed by atoms with Gasteiger partial charge in [-0.1, -0.05) is 0 Å². The molecule has 12 heteroatoms. The fraction of sp³-hybridized carbons (Fsp3) is 0.364. The van der Waals surface area contributed by atoms with Crippen molar-refractivity contribution >= 4 is 24.6 Å². The van der Waals surface area contributed by atoms with Crippen LogP contribution in [0.25, 0.3) is 11.2 Å². The van der Waals surface area contributed by atoms with Crippen molar-refractivity contribution in [1.82, 2.24) is 19.5 Å². The average molecular weight is 343 g/mol. The Hall–Kier alpha value is -1.88. The van der Waals surface area contributed by atoms with E-state index in [2.05, 4.69) is 15.0 Å². The molecule has 1 aliphatic heterocycles. The lowest BCUT2D eigenvalue weighted by atomic mass is 10.1. The Morgan fingerprint density at radius 1 is 1.26 bits per heavy atom. The second-order valence-corrected chi connectivity index (χ2v) is 6.46. The maximum atomic E-state index is 10.9. The zero-order chi connectivity index (χ0) is 16.8. The molecular formula is C11H14N5O6P. The van der Waals surface area contributed by atoms with Crippen molar-refractivity contribution < 1.29 is 29.3 Å². The molecule has 3 heterocycles. The molecular weight excluding hydrogens is 329 g/mol. The average Bonchev–Trinajstić information content (AvgIpc) is 3.01. The van der Waals surface area contributed by atoms with E-state index in [1.54, 1.807) is 0 Å². The van der Waals surface area contributed by atoms with Gasteiger partial charge in [-0.3, -0.25) is 9.13 Å². The van der Waals surface area contributed by atoms with E-state index >= 15 is 0 Å². The summed E-state index contributed by atoms with van der Waals surface area (Å²) in [5.41, 5.74) is 6.29. The number of ether oxygens (including phenoxy) is 1. The van der Waals surface area contributed by atoms with Gasteiger partial charge in [-0.25, -0.2) is 15.0 Å². The minimum absolute atomic E-state index is 0.153. The van der Waals surface area contributed by atoms with Crippen LogP contribution in [-0.4, -0.2) is 57.8 Å². The molecule has 0 unspecified atom stereocenters. The first-order chi connectivity index (χ1) is 10.8. The molecule has 2 aromatic heterocycles. The van der Waals surface area contributed by atoms with Crippen LogP contribution in [0, 0.1) is 0 Å². The van der Waals surface area contributed by atoms with E-state index in [0.29, 0.717) is 17.0 Å². The molecule has 3 rings (SSSR count). The molecule has 23 heavy (non-hydrogen) atoms. The molecule has 0 amide bonds. The Labute approximate surface area is 129 Å². The predicted molar refractivity (Wildman–Crippen MR) is 76.8 cm³/mol. The molecule has 0 spiro atoms. The number of rotatable bonds is 3. The fourth-order valence-electron chi connectivity index (χ4n) is 2.33. The molecule has 0 aliphatic carbocycles. The zero-order valence-corrected chi connectivity index (χ0v) is 12.4. The van der Waals surface area contributed by atoms with Crippen LogP contribution in [-0.2, 0) is 9.30 Å². The number of aromatic nitrogens is 4. The highest BCUT2D eigenvalue weighted by Crippen LogP contribution is 2.38. The Morgan fingerprint density at radius 3 is 2.70 bits per heavy atom. The summed E-state index contributed by atoms with van der Waals surface area (Å²) in [7, 11) is -4.40. The first kappa shape index (κ1) is 16.0. The number of nitrogens with two attached hydrogens (primary N) is 1. The van der Waals surface area contributed by atoms with Gasteiger partial charge in [0.1, 0.15) is 30.2 Å². The molecule has 0 radical (unpaired) electrons. The smallest absolute Gasteiger partial charge is 0.348 e. The molecule has 4 atom stereocenters. The van der Waals surface area contributed by atoms with Gasteiger partial charge in [-0.05, 0) is 6.08 Å². The third-order valence-electron chi connectivity index (χ3n) is 3.41. The van der Waals surface area contributed by atoms with Gasteiger partial charge in [0.15, 0.2) is 17.7 Å². The van der Waals surface area contributed by atoms with Crippen molar-refractivity contribution in [3.05, 3.63) is 24.5 Å². The van der Waals surface area contributed by atoms with Crippen molar-refractivity contribution in [2.45, 2.75) is 24.5 Å². The topological polar surface area (TPSA) is 177 Å². The van der Waals surface area contributed by atoms with E-state index in [-0.39, 0.29) is 5.82 Å². The molecule has 1 fully saturated rings. The van der Waals surface area contributed by atoms with Crippen molar-refractivity contribution in [1.29, 1.82) is 0 Å². The number of nitrogen functional groups attached to an aromatic ring is 1. The third kappa shape index (κ3) is 2.98. The number of hydrogen-bond acceptors (Lipinski definition) is 8. The number of anilines is 1. The van der Waals surface area contributed by atoms with Crippen molar-refractivity contribution in [3.8, 4) is 0 Å². The maximum Gasteiger partial charge on any atom is 0.348 e. The lowest BCUT2D eigenvalue weighted by Crippen LogP contribution is -2.30. The molecule has 0 aromatic carbocycles. The zero-order valence-electron chi connectivity index (χ0n) is 11.5. The van der Waals surface area contributed by atoms with E-state index < -0.39 is 32.1 Å². The van der Waals surface area contributed by atoms with Gasteiger partial charge in [0.25, 0.3) is 0 Å². The Kier molecular flexibility index (Phi) is 3.92. The number of hydrogen-bond donors (Lipinski definition) is 5. The largest absolute Gasteiger partial charge is 0.387 e. The second kappa shape index (κ2) is 5.64. The normalized spacial score (nSPS) is 28.9. The van der Waals surface area contributed by atoms with Crippen molar-refractivity contribution in [3.63, 3.8) is 0 Å². The number of aliphatic hydroxyl groups excluding tert-OH is 2. The van der Waals surface area contributed by atoms with Crippen LogP contribution in [0.1, 0.15) is 6.23 Å². The predicted octanol–water partition coefficient (Wildman–Crippen LogP) is -1.28. The molecule has 2 aromatic rings. The van der Waals surface area contributed by atoms with Crippen LogP contribution in [0.4, 0.5) is 5.82 Å². The summed E-state index contributed by atoms with van der Waals surface area (Å²) in [4.78, 5) is 29.5. The number of nitrogens with zero attached hydrogens (tertiary/aromatic N) is 4. The highest BCUT2D eigenvalue weighted by atomic mass is 31.2. The molecule has 0 saturated carbocycles. The van der Waals surface area contributed by atoms with Gasteiger partial charge in [0.2, 0.25) is 0 Å². The maximum absolute atomic E-state index is 10.9. The van der Waals surface area contributed by atoms with E-state index in [4.69, 9.17) is 20.3 Å². The van der Waals surface area contributed by atoms with Crippen LogP contribution in [0.2, 0.25) is 0 Å². The third-order valence-corrected chi connectivity index (χ3v) is 3.97. The molecule has 11 nitrogen and oxygen atoms in total. The summed E-state index contributed by atoms with van der Waals surface area (Å²) in [6.07, 6.45) is -1.31. The van der Waals surface area contributed by atoms with Crippen LogP contribution in [0.3, 0.4) is 0 Å². The van der Waals surface area contributed by atoms with E-state index in [1.165, 1.54) is 17.2 Å². The molecule has 6 N–H and O–H groups in total. The van der Waals surface area contributed by atoms with Gasteiger partial charge in [0, 0.05) is 5.82 Å². The fourth-order valence-corrected chi connectivity index (χ4v) is 2.72. The summed E-state index contributed by atoms with van der Waals surface area (Å²) in [6.45, 7) is 0. The highest BCUT2D eigenvalue weighted by molar-refractivity contribution is 7.55. The standard InChI is InChI=1S/C11H14N5O6P/c12-9-6-10(14-3-13-9)16(4-15-6)11-8(18)7(17)5(22-11)1-2-23(19,20)21/h1-5,7-8,11,17-18H,(H2,12,13,14)(H2,19,20,21)/b2-1+/t5-,7-,8-,11-/m1/s1. The van der Waals surface area contributed by atoms with Gasteiger partial charge >= 0.3 is 7.60 Å². The first-order valence-electron chi connectivity index (χ1n) is 6.47. The van der Waals surface area contributed by atoms with Crippen molar-refractivity contribution in [2.24, 2.45) is 0 Å². The summed E-state index contributed by atoms with van der Waals surface area (Å²) < 4.78 is 17.7. The molecule has 1 saturated heterocycles. The Balaban J connectivity index is 1.93. The Morgan fingerprint density at radius 2 is 2.00 bits per heavy atom. The molecule has 0 bridgehead atoms. The minimum Gasteiger partial charge on any atom is -0.387 e.